The Morgan fingerprint density at radius 2 is 2.11 bits per heavy atom. The number of nitrogens with zero attached hydrogens (tertiary/aromatic N) is 3. The summed E-state index contributed by atoms with van der Waals surface area (Å²) in [5.74, 6) is 1.37. The average molecular weight is 495 g/mol. The number of fused-ring (bicyclic) bond motifs is 2. The van der Waals surface area contributed by atoms with Crippen molar-refractivity contribution in [3.63, 3.8) is 0 Å². The average Bonchev–Trinajstić information content (AvgIpc) is 3.39. The summed E-state index contributed by atoms with van der Waals surface area (Å²) in [4.78, 5) is 26.5. The summed E-state index contributed by atoms with van der Waals surface area (Å²) in [6.07, 6.45) is 2.49. The van der Waals surface area contributed by atoms with Crippen molar-refractivity contribution < 1.29 is 9.53 Å². The van der Waals surface area contributed by atoms with Gasteiger partial charge in [0.05, 0.1) is 12.3 Å². The van der Waals surface area contributed by atoms with Crippen LogP contribution in [0.1, 0.15) is 38.6 Å². The lowest BCUT2D eigenvalue weighted by Crippen LogP contribution is -2.39. The maximum Gasteiger partial charge on any atom is 0.263 e. The zero-order valence-corrected chi connectivity index (χ0v) is 21.7. The maximum absolute atomic E-state index is 13.1. The molecule has 1 amide bonds. The van der Waals surface area contributed by atoms with Gasteiger partial charge in [0.2, 0.25) is 0 Å². The Bertz CT molecular complexity index is 1260. The number of aryl methyl sites for hydroxylation is 3. The SMILES string of the molecule is CNC1CN(c2ccc3c(n2)CCC(NC(=O)c2sc4nc(C)cc(C)c4c2N)C3)CC1COC. The van der Waals surface area contributed by atoms with E-state index >= 15 is 0 Å². The lowest BCUT2D eigenvalue weighted by molar-refractivity contribution is 0.0938. The molecule has 4 heterocycles. The van der Waals surface area contributed by atoms with E-state index < -0.39 is 0 Å². The number of anilines is 2. The summed E-state index contributed by atoms with van der Waals surface area (Å²) in [6, 6.07) is 6.76. The molecule has 8 nitrogen and oxygen atoms in total. The van der Waals surface area contributed by atoms with Gasteiger partial charge in [0.15, 0.2) is 0 Å². The van der Waals surface area contributed by atoms with Crippen molar-refractivity contribution in [2.24, 2.45) is 5.92 Å². The number of rotatable bonds is 6. The van der Waals surface area contributed by atoms with Gasteiger partial charge < -0.3 is 26.0 Å². The Morgan fingerprint density at radius 3 is 2.89 bits per heavy atom. The molecule has 1 saturated heterocycles. The second kappa shape index (κ2) is 9.72. The Labute approximate surface area is 210 Å². The van der Waals surface area contributed by atoms with Crippen molar-refractivity contribution in [2.75, 3.05) is 44.5 Å². The predicted molar refractivity (Wildman–Crippen MR) is 141 cm³/mol. The summed E-state index contributed by atoms with van der Waals surface area (Å²) in [6.45, 7) is 6.59. The van der Waals surface area contributed by atoms with Crippen LogP contribution in [0.2, 0.25) is 0 Å². The molecule has 186 valence electrons. The highest BCUT2D eigenvalue weighted by Gasteiger charge is 2.33. The van der Waals surface area contributed by atoms with Crippen LogP contribution in [-0.4, -0.2) is 61.8 Å². The number of hydrogen-bond acceptors (Lipinski definition) is 8. The molecule has 4 N–H and O–H groups in total. The highest BCUT2D eigenvalue weighted by atomic mass is 32.1. The maximum atomic E-state index is 13.1. The Kier molecular flexibility index (Phi) is 6.65. The van der Waals surface area contributed by atoms with Crippen LogP contribution >= 0.6 is 11.3 Å². The van der Waals surface area contributed by atoms with Gasteiger partial charge in [-0.05, 0) is 63.4 Å². The van der Waals surface area contributed by atoms with Crippen molar-refractivity contribution in [3.05, 3.63) is 45.6 Å². The number of nitrogens with one attached hydrogen (secondary N) is 2. The third-order valence-electron chi connectivity index (χ3n) is 7.33. The summed E-state index contributed by atoms with van der Waals surface area (Å²) >= 11 is 1.38. The van der Waals surface area contributed by atoms with Gasteiger partial charge in [0.25, 0.3) is 5.91 Å². The Balaban J connectivity index is 1.27. The molecule has 0 spiro atoms. The number of nitrogens with two attached hydrogens (primary N) is 1. The Hall–Kier alpha value is -2.75. The number of likely N-dealkylation sites (N-methyl/N-ethyl adjacent to an activating group) is 1. The highest BCUT2D eigenvalue weighted by molar-refractivity contribution is 7.21. The van der Waals surface area contributed by atoms with E-state index in [2.05, 4.69) is 32.7 Å². The molecule has 3 aromatic heterocycles. The largest absolute Gasteiger partial charge is 0.397 e. The lowest BCUT2D eigenvalue weighted by Gasteiger charge is -2.26. The second-order valence-electron chi connectivity index (χ2n) is 9.81. The van der Waals surface area contributed by atoms with Crippen LogP contribution in [0.4, 0.5) is 11.5 Å². The number of ether oxygens (including phenoxy) is 1. The van der Waals surface area contributed by atoms with E-state index in [0.717, 1.165) is 71.9 Å². The quantitative estimate of drug-likeness (QED) is 0.484. The van der Waals surface area contributed by atoms with Crippen molar-refractivity contribution in [3.8, 4) is 0 Å². The molecule has 3 aromatic rings. The first-order valence-corrected chi connectivity index (χ1v) is 13.1. The van der Waals surface area contributed by atoms with Crippen LogP contribution in [0.25, 0.3) is 10.2 Å². The third kappa shape index (κ3) is 4.60. The van der Waals surface area contributed by atoms with E-state index in [4.69, 9.17) is 15.5 Å². The molecule has 1 fully saturated rings. The smallest absolute Gasteiger partial charge is 0.263 e. The molecule has 0 bridgehead atoms. The number of carbonyl (C=O) groups is 1. The van der Waals surface area contributed by atoms with Crippen LogP contribution in [0.5, 0.6) is 0 Å². The van der Waals surface area contributed by atoms with Crippen molar-refractivity contribution >= 4 is 39.0 Å². The van der Waals surface area contributed by atoms with Crippen LogP contribution in [-0.2, 0) is 17.6 Å². The molecular weight excluding hydrogens is 460 g/mol. The number of pyridine rings is 2. The third-order valence-corrected chi connectivity index (χ3v) is 8.43. The van der Waals surface area contributed by atoms with E-state index in [1.807, 2.05) is 27.0 Å². The molecule has 5 rings (SSSR count). The van der Waals surface area contributed by atoms with Crippen molar-refractivity contribution in [2.45, 2.75) is 45.2 Å². The number of nitrogen functional groups attached to an aromatic ring is 1. The fraction of sp³-hybridized carbons (Fsp3) is 0.500. The van der Waals surface area contributed by atoms with Crippen LogP contribution < -0.4 is 21.3 Å². The minimum absolute atomic E-state index is 0.0644. The zero-order chi connectivity index (χ0) is 24.7. The van der Waals surface area contributed by atoms with E-state index in [-0.39, 0.29) is 11.9 Å². The predicted octanol–water partition coefficient (Wildman–Crippen LogP) is 2.85. The Morgan fingerprint density at radius 1 is 1.29 bits per heavy atom. The number of amides is 1. The van der Waals surface area contributed by atoms with Gasteiger partial charge >= 0.3 is 0 Å². The number of carbonyl (C=O) groups excluding carboxylic acids is 1. The molecule has 3 unspecified atom stereocenters. The van der Waals surface area contributed by atoms with Gasteiger partial charge in [-0.3, -0.25) is 4.79 Å². The van der Waals surface area contributed by atoms with E-state index in [1.54, 1.807) is 7.11 Å². The molecule has 1 aliphatic heterocycles. The van der Waals surface area contributed by atoms with Gasteiger partial charge in [-0.2, -0.15) is 0 Å². The monoisotopic (exact) mass is 494 g/mol. The number of aromatic nitrogens is 2. The fourth-order valence-electron chi connectivity index (χ4n) is 5.56. The first-order valence-electron chi connectivity index (χ1n) is 12.2. The first-order chi connectivity index (χ1) is 16.9. The van der Waals surface area contributed by atoms with Crippen molar-refractivity contribution in [1.82, 2.24) is 20.6 Å². The second-order valence-corrected chi connectivity index (χ2v) is 10.8. The lowest BCUT2D eigenvalue weighted by atomic mass is 9.91. The van der Waals surface area contributed by atoms with Gasteiger partial charge in [0, 0.05) is 55.0 Å². The van der Waals surface area contributed by atoms with Crippen LogP contribution in [0, 0.1) is 19.8 Å². The normalized spacial score (nSPS) is 21.9. The van der Waals surface area contributed by atoms with Gasteiger partial charge in [-0.15, -0.1) is 11.3 Å². The summed E-state index contributed by atoms with van der Waals surface area (Å²) in [7, 11) is 3.77. The number of methoxy groups -OCH3 is 1. The summed E-state index contributed by atoms with van der Waals surface area (Å²) in [5.41, 5.74) is 11.3. The van der Waals surface area contributed by atoms with Crippen LogP contribution in [0.15, 0.2) is 18.2 Å². The topological polar surface area (TPSA) is 105 Å². The standard InChI is InChI=1S/C26H34N6O2S/c1-14-9-15(2)29-26-22(14)23(27)24(35-26)25(33)30-18-6-7-19-16(10-18)5-8-21(31-19)32-11-17(13-34-4)20(12-32)28-3/h5,8-9,17-18,20,28H,6-7,10-13,27H2,1-4H3,(H,30,33). The summed E-state index contributed by atoms with van der Waals surface area (Å²) < 4.78 is 5.41. The van der Waals surface area contributed by atoms with Crippen LogP contribution in [0.3, 0.4) is 0 Å². The molecular formula is C26H34N6O2S. The van der Waals surface area contributed by atoms with Gasteiger partial charge in [-0.1, -0.05) is 6.07 Å². The number of thiophene rings is 1. The van der Waals surface area contributed by atoms with Gasteiger partial charge in [-0.25, -0.2) is 9.97 Å². The minimum atomic E-state index is -0.111. The molecule has 0 aromatic carbocycles. The number of hydrogen-bond donors (Lipinski definition) is 3. The molecule has 0 saturated carbocycles. The fourth-order valence-corrected chi connectivity index (χ4v) is 6.68. The van der Waals surface area contributed by atoms with Crippen molar-refractivity contribution in [1.29, 1.82) is 0 Å². The molecule has 9 heteroatoms. The van der Waals surface area contributed by atoms with E-state index in [0.29, 0.717) is 22.5 Å². The van der Waals surface area contributed by atoms with E-state index in [1.165, 1.54) is 16.9 Å². The van der Waals surface area contributed by atoms with Gasteiger partial charge in [0.1, 0.15) is 15.5 Å². The highest BCUT2D eigenvalue weighted by Crippen LogP contribution is 2.35. The first kappa shape index (κ1) is 24.0. The molecule has 0 radical (unpaired) electrons. The van der Waals surface area contributed by atoms with E-state index in [9.17, 15) is 4.79 Å². The molecule has 35 heavy (non-hydrogen) atoms. The zero-order valence-electron chi connectivity index (χ0n) is 20.9. The molecule has 2 aliphatic rings. The minimum Gasteiger partial charge on any atom is -0.397 e. The summed E-state index contributed by atoms with van der Waals surface area (Å²) in [5, 5.41) is 7.53. The molecule has 1 aliphatic carbocycles. The molecule has 3 atom stereocenters.